The van der Waals surface area contributed by atoms with Gasteiger partial charge in [-0.2, -0.15) is 0 Å². The Morgan fingerprint density at radius 2 is 0.909 bits per heavy atom. The first-order chi connectivity index (χ1) is 27.3. The summed E-state index contributed by atoms with van der Waals surface area (Å²) in [5.74, 6) is 0. The molecule has 0 amide bonds. The summed E-state index contributed by atoms with van der Waals surface area (Å²) < 4.78 is 9.73. The fourth-order valence-corrected chi connectivity index (χ4v) is 9.47. The maximum atomic E-state index is 7.11. The monoisotopic (exact) mass is 719 g/mol. The first-order valence-electron chi connectivity index (χ1n) is 18.7. The van der Waals surface area contributed by atoms with E-state index in [2.05, 4.69) is 205 Å². The van der Waals surface area contributed by atoms with Crippen LogP contribution in [-0.2, 0) is 0 Å². The van der Waals surface area contributed by atoms with Gasteiger partial charge in [-0.3, -0.25) is 0 Å². The molecule has 0 saturated carbocycles. The van der Waals surface area contributed by atoms with Gasteiger partial charge in [-0.25, -0.2) is 0 Å². The smallest absolute Gasteiger partial charge is 0.160 e. The second kappa shape index (κ2) is 12.9. The molecule has 0 atom stereocenters. The van der Waals surface area contributed by atoms with Crippen molar-refractivity contribution < 1.29 is 4.42 Å². The summed E-state index contributed by atoms with van der Waals surface area (Å²) >= 11 is 1.87. The number of anilines is 3. The van der Waals surface area contributed by atoms with Crippen molar-refractivity contribution in [3.63, 3.8) is 0 Å². The highest BCUT2D eigenvalue weighted by molar-refractivity contribution is 7.26. The Bertz CT molecular complexity index is 3180. The van der Waals surface area contributed by atoms with Crippen LogP contribution in [-0.4, -0.2) is 0 Å². The van der Waals surface area contributed by atoms with Crippen LogP contribution < -0.4 is 4.90 Å². The van der Waals surface area contributed by atoms with Gasteiger partial charge in [0.15, 0.2) is 5.58 Å². The van der Waals surface area contributed by atoms with E-state index in [1.54, 1.807) is 0 Å². The van der Waals surface area contributed by atoms with Crippen LogP contribution >= 0.6 is 11.3 Å². The van der Waals surface area contributed by atoms with Crippen molar-refractivity contribution in [3.05, 3.63) is 200 Å². The molecule has 0 bridgehead atoms. The van der Waals surface area contributed by atoms with E-state index in [1.165, 1.54) is 42.4 Å². The van der Waals surface area contributed by atoms with Crippen molar-refractivity contribution in [2.75, 3.05) is 4.90 Å². The quantitative estimate of drug-likeness (QED) is 0.170. The molecular weight excluding hydrogens is 687 g/mol. The van der Waals surface area contributed by atoms with Gasteiger partial charge >= 0.3 is 0 Å². The topological polar surface area (TPSA) is 16.4 Å². The van der Waals surface area contributed by atoms with Crippen LogP contribution in [0.1, 0.15) is 0 Å². The number of fused-ring (bicyclic) bond motifs is 8. The van der Waals surface area contributed by atoms with E-state index in [4.69, 9.17) is 4.42 Å². The zero-order valence-corrected chi connectivity index (χ0v) is 30.6. The number of nitrogens with zero attached hydrogens (tertiary/aromatic N) is 1. The zero-order valence-electron chi connectivity index (χ0n) is 29.8. The molecule has 0 fully saturated rings. The molecule has 0 spiro atoms. The number of rotatable bonds is 6. The van der Waals surface area contributed by atoms with Crippen LogP contribution in [0.4, 0.5) is 17.1 Å². The van der Waals surface area contributed by atoms with Gasteiger partial charge in [0.05, 0.1) is 5.69 Å². The normalized spacial score (nSPS) is 11.6. The second-order valence-electron chi connectivity index (χ2n) is 14.0. The number of thiophene rings is 1. The van der Waals surface area contributed by atoms with E-state index in [0.29, 0.717) is 0 Å². The van der Waals surface area contributed by atoms with Gasteiger partial charge in [0.2, 0.25) is 0 Å². The fraction of sp³-hybridized carbons (Fsp3) is 0. The Kier molecular flexibility index (Phi) is 7.39. The van der Waals surface area contributed by atoms with Gasteiger partial charge in [-0.15, -0.1) is 11.3 Å². The molecule has 2 aromatic heterocycles. The third kappa shape index (κ3) is 5.24. The Hall–Kier alpha value is -6.94. The zero-order chi connectivity index (χ0) is 36.3. The lowest BCUT2D eigenvalue weighted by Gasteiger charge is -2.28. The summed E-state index contributed by atoms with van der Waals surface area (Å²) in [6, 6.07) is 72.0. The van der Waals surface area contributed by atoms with E-state index >= 15 is 0 Å². The van der Waals surface area contributed by atoms with Crippen LogP contribution in [0.5, 0.6) is 0 Å². The molecule has 2 heterocycles. The summed E-state index contributed by atoms with van der Waals surface area (Å²) in [5.41, 5.74) is 11.9. The SMILES string of the molecule is c1ccc(-c2ccc(N(c3ccc(-c4cccc5c4sc4ccccc45)cc3)c3c(-c4ccccc4)ccc4c3oc3c5ccccc5ccc43)cc2)cc1. The average molecular weight is 720 g/mol. The predicted molar refractivity (Wildman–Crippen MR) is 235 cm³/mol. The lowest BCUT2D eigenvalue weighted by Crippen LogP contribution is -2.11. The molecule has 11 aromatic rings. The minimum Gasteiger partial charge on any atom is -0.453 e. The van der Waals surface area contributed by atoms with Crippen molar-refractivity contribution >= 4 is 81.3 Å². The standard InChI is InChI=1S/C52H33NOS/c1-3-12-34(13-4-1)35-22-27-39(28-23-35)53(40-29-24-38(25-30-40)43-19-11-20-47-44-18-9-10-21-48(44)55-52(43)47)49-41(36-14-5-2-6-15-36)32-33-46-45-31-26-37-16-7-8-17-42(37)50(45)54-51(46)49/h1-33H. The molecular formula is C52H33NOS. The molecule has 3 heteroatoms. The highest BCUT2D eigenvalue weighted by atomic mass is 32.1. The summed E-state index contributed by atoms with van der Waals surface area (Å²) in [7, 11) is 0. The molecule has 0 saturated heterocycles. The van der Waals surface area contributed by atoms with Crippen LogP contribution in [0, 0.1) is 0 Å². The highest BCUT2D eigenvalue weighted by Gasteiger charge is 2.25. The van der Waals surface area contributed by atoms with E-state index < -0.39 is 0 Å². The number of hydrogen-bond acceptors (Lipinski definition) is 3. The van der Waals surface area contributed by atoms with E-state index in [9.17, 15) is 0 Å². The van der Waals surface area contributed by atoms with E-state index in [-0.39, 0.29) is 0 Å². The van der Waals surface area contributed by atoms with E-state index in [0.717, 1.165) is 60.9 Å². The molecule has 11 rings (SSSR count). The molecule has 9 aromatic carbocycles. The van der Waals surface area contributed by atoms with Gasteiger partial charge in [-0.1, -0.05) is 158 Å². The van der Waals surface area contributed by atoms with Gasteiger partial charge < -0.3 is 9.32 Å². The Morgan fingerprint density at radius 1 is 0.345 bits per heavy atom. The lowest BCUT2D eigenvalue weighted by atomic mass is 9.98. The maximum Gasteiger partial charge on any atom is 0.160 e. The molecule has 258 valence electrons. The summed E-state index contributed by atoms with van der Waals surface area (Å²) in [6.07, 6.45) is 0. The fourth-order valence-electron chi connectivity index (χ4n) is 8.23. The lowest BCUT2D eigenvalue weighted by molar-refractivity contribution is 0.673. The Balaban J connectivity index is 1.16. The van der Waals surface area contributed by atoms with Crippen molar-refractivity contribution in [3.8, 4) is 33.4 Å². The number of benzene rings is 9. The minimum absolute atomic E-state index is 0.860. The Labute approximate surface area is 322 Å². The van der Waals surface area contributed by atoms with Gasteiger partial charge in [0, 0.05) is 53.3 Å². The minimum atomic E-state index is 0.860. The van der Waals surface area contributed by atoms with Crippen LogP contribution in [0.3, 0.4) is 0 Å². The Morgan fingerprint density at radius 3 is 1.67 bits per heavy atom. The molecule has 2 nitrogen and oxygen atoms in total. The highest BCUT2D eigenvalue weighted by Crippen LogP contribution is 2.49. The van der Waals surface area contributed by atoms with Crippen LogP contribution in [0.2, 0.25) is 0 Å². The van der Waals surface area contributed by atoms with Gasteiger partial charge in [0.25, 0.3) is 0 Å². The maximum absolute atomic E-state index is 7.11. The van der Waals surface area contributed by atoms with Crippen molar-refractivity contribution in [1.29, 1.82) is 0 Å². The average Bonchev–Trinajstić information content (AvgIpc) is 3.84. The third-order valence-corrected chi connectivity index (χ3v) is 12.1. The van der Waals surface area contributed by atoms with Crippen LogP contribution in [0.25, 0.3) is 86.3 Å². The van der Waals surface area contributed by atoms with E-state index in [1.807, 2.05) is 11.3 Å². The molecule has 55 heavy (non-hydrogen) atoms. The van der Waals surface area contributed by atoms with Gasteiger partial charge in [0.1, 0.15) is 5.58 Å². The van der Waals surface area contributed by atoms with Crippen LogP contribution in [0.15, 0.2) is 205 Å². The molecule has 0 aliphatic heterocycles. The molecule has 0 aliphatic rings. The summed E-state index contributed by atoms with van der Waals surface area (Å²) in [5, 5.41) is 7.10. The van der Waals surface area contributed by atoms with Crippen molar-refractivity contribution in [1.82, 2.24) is 0 Å². The largest absolute Gasteiger partial charge is 0.453 e. The molecule has 0 aliphatic carbocycles. The third-order valence-electron chi connectivity index (χ3n) is 10.9. The predicted octanol–water partition coefficient (Wildman–Crippen LogP) is 15.6. The molecule has 0 unspecified atom stereocenters. The van der Waals surface area contributed by atoms with Gasteiger partial charge in [-0.05, 0) is 75.7 Å². The molecule has 0 radical (unpaired) electrons. The summed E-state index contributed by atoms with van der Waals surface area (Å²) in [6.45, 7) is 0. The first-order valence-corrected chi connectivity index (χ1v) is 19.5. The van der Waals surface area contributed by atoms with Crippen molar-refractivity contribution in [2.24, 2.45) is 0 Å². The second-order valence-corrected chi connectivity index (χ2v) is 15.1. The molecule has 0 N–H and O–H groups in total. The first kappa shape index (κ1) is 31.6. The number of hydrogen-bond donors (Lipinski definition) is 0. The number of furan rings is 1. The van der Waals surface area contributed by atoms with Crippen molar-refractivity contribution in [2.45, 2.75) is 0 Å². The summed E-state index contributed by atoms with van der Waals surface area (Å²) in [4.78, 5) is 2.38.